The van der Waals surface area contributed by atoms with Crippen LogP contribution in [0.3, 0.4) is 0 Å². The summed E-state index contributed by atoms with van der Waals surface area (Å²) < 4.78 is 61.4. The van der Waals surface area contributed by atoms with Crippen LogP contribution in [-0.4, -0.2) is 88.3 Å². The van der Waals surface area contributed by atoms with Crippen LogP contribution >= 0.6 is 0 Å². The predicted octanol–water partition coefficient (Wildman–Crippen LogP) is 7.56. The van der Waals surface area contributed by atoms with E-state index >= 15 is 0 Å². The van der Waals surface area contributed by atoms with E-state index in [9.17, 15) is 0 Å². The Kier molecular flexibility index (Phi) is 17.9. The van der Waals surface area contributed by atoms with Crippen LogP contribution in [0.1, 0.15) is 19.8 Å². The molecule has 0 unspecified atom stereocenters. The van der Waals surface area contributed by atoms with Gasteiger partial charge in [-0.1, -0.05) is 0 Å². The molecule has 0 spiro atoms. The molecule has 19 heteroatoms. The van der Waals surface area contributed by atoms with Crippen molar-refractivity contribution in [1.29, 1.82) is 0 Å². The first kappa shape index (κ1) is 45.5. The molecule has 2 saturated heterocycles. The SMILES string of the molecule is CCOCCC[Si]1(C)O[Si](C)(C)O[Si](C)(C)O[Si](C)(C)O1.[CH2-]OCCC[Si]1(C)O[Si](C)(C)O[Si](C)(C)O[Si](C)(C)O1.[CH3-].[Rf]. The second-order valence-electron chi connectivity index (χ2n) is 13.8. The molecule has 0 aromatic heterocycles. The van der Waals surface area contributed by atoms with Gasteiger partial charge in [-0.25, -0.2) is 7.11 Å². The fourth-order valence-corrected chi connectivity index (χ4v) is 49.1. The molecule has 2 heterocycles. The van der Waals surface area contributed by atoms with Crippen molar-refractivity contribution in [2.24, 2.45) is 0 Å². The fraction of sp³-hybridized carbons (Fsp3) is 0.917. The molecule has 0 saturated carbocycles. The van der Waals surface area contributed by atoms with Gasteiger partial charge in [-0.05, 0) is 124 Å². The smallest absolute Gasteiger partial charge is 0.317 e. The maximum Gasteiger partial charge on any atom is 0.317 e. The van der Waals surface area contributed by atoms with Crippen molar-refractivity contribution >= 4 is 68.5 Å². The second kappa shape index (κ2) is 16.9. The Morgan fingerprint density at radius 1 is 0.465 bits per heavy atom. The van der Waals surface area contributed by atoms with E-state index in [2.05, 4.69) is 98.8 Å². The summed E-state index contributed by atoms with van der Waals surface area (Å²) >= 11 is 0. The van der Waals surface area contributed by atoms with Crippen LogP contribution in [-0.2, 0) is 42.4 Å². The zero-order valence-electron chi connectivity index (χ0n) is 30.4. The van der Waals surface area contributed by atoms with Crippen LogP contribution in [0, 0.1) is 14.5 Å². The molecule has 2 aliphatic heterocycles. The molecule has 0 bridgehead atoms. The Bertz CT molecular complexity index is 777. The topological polar surface area (TPSA) is 92.3 Å². The molecular weight excluding hydrogens is 940 g/mol. The van der Waals surface area contributed by atoms with E-state index in [0.29, 0.717) is 6.61 Å². The van der Waals surface area contributed by atoms with Crippen LogP contribution in [0.5, 0.6) is 0 Å². The zero-order chi connectivity index (χ0) is 32.0. The minimum atomic E-state index is -2.30. The summed E-state index contributed by atoms with van der Waals surface area (Å²) in [5.74, 6) is 0. The van der Waals surface area contributed by atoms with Gasteiger partial charge in [-0.3, -0.25) is 0 Å². The summed E-state index contributed by atoms with van der Waals surface area (Å²) in [4.78, 5) is 0. The van der Waals surface area contributed by atoms with E-state index in [1.165, 1.54) is 0 Å². The van der Waals surface area contributed by atoms with Crippen molar-refractivity contribution in [3.63, 3.8) is 0 Å². The van der Waals surface area contributed by atoms with Gasteiger partial charge in [0.15, 0.2) is 0 Å². The Balaban J connectivity index is 0. The summed E-state index contributed by atoms with van der Waals surface area (Å²) in [6, 6.07) is 1.80. The van der Waals surface area contributed by atoms with Gasteiger partial charge < -0.3 is 49.8 Å². The molecule has 0 aromatic carbocycles. The number of hydrogen-bond donors (Lipinski definition) is 0. The third-order valence-corrected chi connectivity index (χ3v) is 38.9. The van der Waals surface area contributed by atoms with Crippen molar-refractivity contribution in [2.45, 2.75) is 124 Å². The molecule has 0 atom stereocenters. The molecule has 0 radical (unpaired) electrons. The van der Waals surface area contributed by atoms with Crippen molar-refractivity contribution < 1.29 is 42.4 Å². The number of ether oxygens (including phenoxy) is 2. The molecule has 0 amide bonds. The summed E-state index contributed by atoms with van der Waals surface area (Å²) in [7, 11) is -14.4. The molecule has 0 aromatic rings. The van der Waals surface area contributed by atoms with E-state index in [-0.39, 0.29) is 7.43 Å². The van der Waals surface area contributed by atoms with Crippen molar-refractivity contribution in [2.75, 3.05) is 19.8 Å². The maximum atomic E-state index is 6.48. The number of hydrogen-bond acceptors (Lipinski definition) is 10. The molecule has 256 valence electrons. The van der Waals surface area contributed by atoms with Gasteiger partial charge in [0, 0.05) is 19.8 Å². The molecule has 2 aliphatic rings. The van der Waals surface area contributed by atoms with Crippen LogP contribution in [0.15, 0.2) is 0 Å². The van der Waals surface area contributed by atoms with E-state index in [0.717, 1.165) is 38.1 Å². The van der Waals surface area contributed by atoms with Gasteiger partial charge in [-0.2, -0.15) is 0 Å². The standard InChI is InChI=1S/C12H32O5Si4.C11H29O5Si4.CH3.Rf/c1-9-13-11-10-12-21(8)16-19(4,5)14-18(2,3)15-20(6,7)17-21;1-12-10-9-11-20(8)15-18(4,5)13-17(2,3)14-19(6,7)16-20;;/h9-12H2,1-8H3;1,9-11H2,2-8H3;1H3;/q;2*-1;. The molecule has 0 N–H and O–H groups in total. The summed E-state index contributed by atoms with van der Waals surface area (Å²) in [6.45, 7) is 33.5. The molecule has 2 rings (SSSR count). The first-order chi connectivity index (χ1) is 18.3. The van der Waals surface area contributed by atoms with Crippen LogP contribution in [0.4, 0.5) is 0 Å². The predicted molar refractivity (Wildman–Crippen MR) is 190 cm³/mol. The average molecular weight is 1000 g/mol. The average Bonchev–Trinajstić information content (AvgIpc) is 2.64. The Morgan fingerprint density at radius 2 is 0.721 bits per heavy atom. The van der Waals surface area contributed by atoms with E-state index in [1.807, 2.05) is 6.92 Å². The minimum Gasteiger partial charge on any atom is -0.555 e. The van der Waals surface area contributed by atoms with Gasteiger partial charge in [0.05, 0.1) is 0 Å². The molecule has 43 heavy (non-hydrogen) atoms. The second-order valence-corrected chi connectivity index (χ2v) is 42.7. The molecular formula is C24H64O10RfSi8-2. The van der Waals surface area contributed by atoms with Crippen LogP contribution in [0.25, 0.3) is 0 Å². The minimum absolute atomic E-state index is 0. The fourth-order valence-electron chi connectivity index (χ4n) is 5.95. The van der Waals surface area contributed by atoms with Crippen molar-refractivity contribution in [3.05, 3.63) is 14.5 Å². The van der Waals surface area contributed by atoms with Crippen LogP contribution in [0.2, 0.25) is 104 Å². The van der Waals surface area contributed by atoms with Gasteiger partial charge in [0.2, 0.25) is 0 Å². The quantitative estimate of drug-likeness (QED) is 0.131. The largest absolute Gasteiger partial charge is 0.555 e. The summed E-state index contributed by atoms with van der Waals surface area (Å²) in [5, 5.41) is 0. The number of rotatable bonds is 9. The zero-order valence-corrected chi connectivity index (χ0v) is 44.8. The van der Waals surface area contributed by atoms with Gasteiger partial charge in [-0.15, -0.1) is 0 Å². The molecule has 0 aliphatic carbocycles. The first-order valence-electron chi connectivity index (χ1n) is 14.8. The third kappa shape index (κ3) is 18.3. The van der Waals surface area contributed by atoms with E-state index < -0.39 is 68.5 Å². The monoisotopic (exact) mass is 1000 g/mol. The van der Waals surface area contributed by atoms with Crippen molar-refractivity contribution in [1.82, 2.24) is 0 Å². The Labute approximate surface area is 267 Å². The van der Waals surface area contributed by atoms with Gasteiger partial charge in [0.25, 0.3) is 0 Å². The summed E-state index contributed by atoms with van der Waals surface area (Å²) in [6.07, 6.45) is 1.86. The van der Waals surface area contributed by atoms with E-state index in [1.54, 1.807) is 0 Å². The van der Waals surface area contributed by atoms with Crippen LogP contribution < -0.4 is 0 Å². The van der Waals surface area contributed by atoms with Crippen molar-refractivity contribution in [3.8, 4) is 0 Å². The maximum absolute atomic E-state index is 6.48. The van der Waals surface area contributed by atoms with Gasteiger partial charge in [0.1, 0.15) is 0 Å². The Hall–Kier alpha value is 0.335. The van der Waals surface area contributed by atoms with Gasteiger partial charge >= 0.3 is 68.5 Å². The Morgan fingerprint density at radius 3 is 0.977 bits per heavy atom. The van der Waals surface area contributed by atoms with E-state index in [4.69, 9.17) is 42.4 Å². The molecule has 10 nitrogen and oxygen atoms in total. The third-order valence-electron chi connectivity index (χ3n) is 5.86. The first-order valence-corrected chi connectivity index (χ1v) is 36.8. The normalized spacial score (nSPS) is 26.0. The summed E-state index contributed by atoms with van der Waals surface area (Å²) in [5.41, 5.74) is 0. The molecule has 2 fully saturated rings.